The fraction of sp³-hybridized carbons (Fsp3) is 0.538. The van der Waals surface area contributed by atoms with E-state index in [0.717, 1.165) is 31.4 Å². The summed E-state index contributed by atoms with van der Waals surface area (Å²) in [6, 6.07) is 3.57. The first-order valence-corrected chi connectivity index (χ1v) is 5.93. The number of aliphatic hydroxyl groups is 1. The van der Waals surface area contributed by atoms with Crippen molar-refractivity contribution >= 4 is 0 Å². The van der Waals surface area contributed by atoms with Crippen LogP contribution in [0, 0.1) is 17.6 Å². The zero-order valence-corrected chi connectivity index (χ0v) is 9.27. The summed E-state index contributed by atoms with van der Waals surface area (Å²) in [5.74, 6) is -1.78. The summed E-state index contributed by atoms with van der Waals surface area (Å²) in [5.41, 5.74) is 0.435. The molecule has 4 unspecified atom stereocenters. The van der Waals surface area contributed by atoms with Gasteiger partial charge < -0.3 is 9.84 Å². The molecule has 0 aromatic heterocycles. The Morgan fingerprint density at radius 3 is 2.65 bits per heavy atom. The first-order chi connectivity index (χ1) is 8.15. The highest BCUT2D eigenvalue weighted by Gasteiger charge is 2.44. The molecule has 1 N–H and O–H groups in total. The molecule has 1 aromatic rings. The van der Waals surface area contributed by atoms with Crippen LogP contribution in [0.1, 0.15) is 30.9 Å². The number of aliphatic hydroxyl groups excluding tert-OH is 1. The lowest BCUT2D eigenvalue weighted by Crippen LogP contribution is -2.23. The van der Waals surface area contributed by atoms with E-state index < -0.39 is 17.7 Å². The number of ether oxygens (including phenoxy) is 1. The van der Waals surface area contributed by atoms with E-state index in [0.29, 0.717) is 5.56 Å². The van der Waals surface area contributed by atoms with Gasteiger partial charge in [0, 0.05) is 5.92 Å². The van der Waals surface area contributed by atoms with Crippen LogP contribution in [0.2, 0.25) is 0 Å². The number of hydrogen-bond donors (Lipinski definition) is 1. The van der Waals surface area contributed by atoms with Gasteiger partial charge in [0.15, 0.2) is 11.6 Å². The minimum atomic E-state index is -0.911. The molecule has 92 valence electrons. The van der Waals surface area contributed by atoms with Gasteiger partial charge in [0.1, 0.15) is 0 Å². The molecule has 2 aliphatic rings. The molecule has 3 rings (SSSR count). The predicted molar refractivity (Wildman–Crippen MR) is 57.3 cm³/mol. The zero-order valence-electron chi connectivity index (χ0n) is 9.27. The SMILES string of the molecule is OC(c1ccc(F)c(F)c1)C1CC2CCC1O2. The maximum atomic E-state index is 13.1. The second-order valence-corrected chi connectivity index (χ2v) is 4.89. The standard InChI is InChI=1S/C13H14F2O2/c14-10-3-1-7(5-11(10)15)13(16)9-6-8-2-4-12(9)17-8/h1,3,5,8-9,12-13,16H,2,4,6H2. The molecule has 17 heavy (non-hydrogen) atoms. The van der Waals surface area contributed by atoms with Crippen LogP contribution in [0.4, 0.5) is 8.78 Å². The average molecular weight is 240 g/mol. The summed E-state index contributed by atoms with van der Waals surface area (Å²) in [4.78, 5) is 0. The summed E-state index contributed by atoms with van der Waals surface area (Å²) < 4.78 is 31.6. The second kappa shape index (κ2) is 4.03. The average Bonchev–Trinajstić information content (AvgIpc) is 2.93. The Hall–Kier alpha value is -1.00. The molecular formula is C13H14F2O2. The van der Waals surface area contributed by atoms with E-state index in [1.165, 1.54) is 6.07 Å². The molecule has 0 amide bonds. The predicted octanol–water partition coefficient (Wildman–Crippen LogP) is 2.57. The summed E-state index contributed by atoms with van der Waals surface area (Å²) in [5, 5.41) is 10.2. The lowest BCUT2D eigenvalue weighted by molar-refractivity contribution is 0.0421. The number of rotatable bonds is 2. The fourth-order valence-corrected chi connectivity index (χ4v) is 2.95. The Balaban J connectivity index is 1.81. The second-order valence-electron chi connectivity index (χ2n) is 4.89. The maximum Gasteiger partial charge on any atom is 0.159 e. The van der Waals surface area contributed by atoms with Gasteiger partial charge in [0.05, 0.1) is 18.3 Å². The molecule has 2 heterocycles. The first kappa shape index (κ1) is 11.1. The van der Waals surface area contributed by atoms with Gasteiger partial charge in [0.2, 0.25) is 0 Å². The third-order valence-corrected chi connectivity index (χ3v) is 3.84. The summed E-state index contributed by atoms with van der Waals surface area (Å²) in [7, 11) is 0. The van der Waals surface area contributed by atoms with Gasteiger partial charge in [-0.25, -0.2) is 8.78 Å². The highest BCUT2D eigenvalue weighted by Crippen LogP contribution is 2.44. The molecule has 2 saturated heterocycles. The minimum Gasteiger partial charge on any atom is -0.388 e. The molecule has 0 aliphatic carbocycles. The van der Waals surface area contributed by atoms with Crippen molar-refractivity contribution in [1.29, 1.82) is 0 Å². The van der Waals surface area contributed by atoms with Gasteiger partial charge in [-0.3, -0.25) is 0 Å². The number of fused-ring (bicyclic) bond motifs is 2. The zero-order chi connectivity index (χ0) is 12.0. The summed E-state index contributed by atoms with van der Waals surface area (Å²) in [6.45, 7) is 0. The molecule has 0 spiro atoms. The monoisotopic (exact) mass is 240 g/mol. The van der Waals surface area contributed by atoms with Gasteiger partial charge in [-0.1, -0.05) is 6.07 Å². The lowest BCUT2D eigenvalue weighted by atomic mass is 9.82. The third kappa shape index (κ3) is 1.85. The molecule has 4 heteroatoms. The van der Waals surface area contributed by atoms with Crippen molar-refractivity contribution in [1.82, 2.24) is 0 Å². The van der Waals surface area contributed by atoms with Crippen molar-refractivity contribution in [3.8, 4) is 0 Å². The van der Waals surface area contributed by atoms with Crippen LogP contribution in [0.5, 0.6) is 0 Å². The molecule has 0 radical (unpaired) electrons. The largest absolute Gasteiger partial charge is 0.388 e. The minimum absolute atomic E-state index is 0.0126. The van der Waals surface area contributed by atoms with Crippen LogP contribution in [0.25, 0.3) is 0 Å². The van der Waals surface area contributed by atoms with Crippen LogP contribution in [-0.2, 0) is 4.74 Å². The number of halogens is 2. The normalized spacial score (nSPS) is 33.0. The summed E-state index contributed by atoms with van der Waals surface area (Å²) in [6.07, 6.45) is 2.36. The van der Waals surface area contributed by atoms with E-state index in [-0.39, 0.29) is 18.1 Å². The van der Waals surface area contributed by atoms with Crippen LogP contribution < -0.4 is 0 Å². The van der Waals surface area contributed by atoms with Gasteiger partial charge >= 0.3 is 0 Å². The van der Waals surface area contributed by atoms with E-state index in [1.54, 1.807) is 0 Å². The van der Waals surface area contributed by atoms with E-state index in [1.807, 2.05) is 0 Å². The molecular weight excluding hydrogens is 226 g/mol. The van der Waals surface area contributed by atoms with Crippen molar-refractivity contribution in [2.45, 2.75) is 37.6 Å². The van der Waals surface area contributed by atoms with Crippen LogP contribution in [0.3, 0.4) is 0 Å². The van der Waals surface area contributed by atoms with Gasteiger partial charge in [-0.2, -0.15) is 0 Å². The van der Waals surface area contributed by atoms with E-state index in [9.17, 15) is 13.9 Å². The van der Waals surface area contributed by atoms with Crippen molar-refractivity contribution in [3.63, 3.8) is 0 Å². The molecule has 1 aromatic carbocycles. The fourth-order valence-electron chi connectivity index (χ4n) is 2.95. The van der Waals surface area contributed by atoms with Crippen LogP contribution in [0.15, 0.2) is 18.2 Å². The molecule has 4 atom stereocenters. The number of hydrogen-bond acceptors (Lipinski definition) is 2. The van der Waals surface area contributed by atoms with Crippen molar-refractivity contribution < 1.29 is 18.6 Å². The topological polar surface area (TPSA) is 29.5 Å². The molecule has 2 fully saturated rings. The first-order valence-electron chi connectivity index (χ1n) is 5.93. The Morgan fingerprint density at radius 1 is 1.24 bits per heavy atom. The van der Waals surface area contributed by atoms with Crippen LogP contribution in [-0.4, -0.2) is 17.3 Å². The van der Waals surface area contributed by atoms with E-state index in [4.69, 9.17) is 4.74 Å². The van der Waals surface area contributed by atoms with Crippen LogP contribution >= 0.6 is 0 Å². The van der Waals surface area contributed by atoms with E-state index >= 15 is 0 Å². The van der Waals surface area contributed by atoms with Crippen molar-refractivity contribution in [2.75, 3.05) is 0 Å². The van der Waals surface area contributed by atoms with Gasteiger partial charge in [-0.15, -0.1) is 0 Å². The molecule has 2 aliphatic heterocycles. The van der Waals surface area contributed by atoms with Crippen molar-refractivity contribution in [3.05, 3.63) is 35.4 Å². The molecule has 2 nitrogen and oxygen atoms in total. The highest BCUT2D eigenvalue weighted by atomic mass is 19.2. The Kier molecular flexibility index (Phi) is 2.64. The third-order valence-electron chi connectivity index (χ3n) is 3.84. The highest BCUT2D eigenvalue weighted by molar-refractivity contribution is 5.21. The van der Waals surface area contributed by atoms with Crippen molar-refractivity contribution in [2.24, 2.45) is 5.92 Å². The lowest BCUT2D eigenvalue weighted by Gasteiger charge is -2.24. The van der Waals surface area contributed by atoms with Gasteiger partial charge in [-0.05, 0) is 37.0 Å². The summed E-state index contributed by atoms with van der Waals surface area (Å²) >= 11 is 0. The smallest absolute Gasteiger partial charge is 0.159 e. The Morgan fingerprint density at radius 2 is 2.06 bits per heavy atom. The Labute approximate surface area is 98.2 Å². The van der Waals surface area contributed by atoms with Gasteiger partial charge in [0.25, 0.3) is 0 Å². The quantitative estimate of drug-likeness (QED) is 0.860. The molecule has 0 saturated carbocycles. The number of benzene rings is 1. The van der Waals surface area contributed by atoms with E-state index in [2.05, 4.69) is 0 Å². The molecule has 2 bridgehead atoms. The maximum absolute atomic E-state index is 13.1. The Bertz CT molecular complexity index is 435.